The SMILES string of the molecule is CCCN(CCC)S(=O)(=O)c1ccc(-c2cc(=O)n3nc(C)c(-c4ccc(F)cc4F)c3[nH]2)cc1. The van der Waals surface area contributed by atoms with Gasteiger partial charge >= 0.3 is 0 Å². The molecular weight excluding hydrogens is 474 g/mol. The molecule has 0 bridgehead atoms. The normalized spacial score (nSPS) is 12.1. The van der Waals surface area contributed by atoms with Crippen molar-refractivity contribution in [1.29, 1.82) is 0 Å². The molecule has 0 aliphatic rings. The molecule has 0 saturated carbocycles. The lowest BCUT2D eigenvalue weighted by Gasteiger charge is -2.21. The Kier molecular flexibility index (Phi) is 6.86. The van der Waals surface area contributed by atoms with Gasteiger partial charge in [0.1, 0.15) is 17.3 Å². The Hall–Kier alpha value is -3.37. The van der Waals surface area contributed by atoms with E-state index in [0.29, 0.717) is 48.4 Å². The van der Waals surface area contributed by atoms with Crippen LogP contribution >= 0.6 is 0 Å². The van der Waals surface area contributed by atoms with Crippen molar-refractivity contribution in [3.63, 3.8) is 0 Å². The van der Waals surface area contributed by atoms with Crippen molar-refractivity contribution in [2.45, 2.75) is 38.5 Å². The van der Waals surface area contributed by atoms with Gasteiger partial charge in [0.05, 0.1) is 21.8 Å². The number of benzene rings is 2. The third-order valence-electron chi connectivity index (χ3n) is 5.74. The van der Waals surface area contributed by atoms with E-state index >= 15 is 0 Å². The Morgan fingerprint density at radius 2 is 1.66 bits per heavy atom. The van der Waals surface area contributed by atoms with E-state index in [1.54, 1.807) is 19.1 Å². The topological polar surface area (TPSA) is 87.5 Å². The number of nitrogens with one attached hydrogen (secondary N) is 1. The Bertz CT molecular complexity index is 1540. The molecule has 0 unspecified atom stereocenters. The molecule has 4 aromatic rings. The van der Waals surface area contributed by atoms with Crippen LogP contribution in [0.5, 0.6) is 0 Å². The maximum absolute atomic E-state index is 14.5. The Morgan fingerprint density at radius 3 is 2.26 bits per heavy atom. The minimum Gasteiger partial charge on any atom is -0.339 e. The molecule has 2 aromatic carbocycles. The Balaban J connectivity index is 1.79. The van der Waals surface area contributed by atoms with Gasteiger partial charge in [-0.05, 0) is 49.6 Å². The van der Waals surface area contributed by atoms with Crippen molar-refractivity contribution >= 4 is 15.7 Å². The summed E-state index contributed by atoms with van der Waals surface area (Å²) in [6.07, 6.45) is 1.42. The number of rotatable bonds is 8. The van der Waals surface area contributed by atoms with Gasteiger partial charge in [-0.15, -0.1) is 0 Å². The highest BCUT2D eigenvalue weighted by Gasteiger charge is 2.23. The molecule has 0 aliphatic heterocycles. The second-order valence-corrected chi connectivity index (χ2v) is 10.2. The fourth-order valence-electron chi connectivity index (χ4n) is 4.13. The van der Waals surface area contributed by atoms with Gasteiger partial charge in [-0.1, -0.05) is 26.0 Å². The van der Waals surface area contributed by atoms with Crippen LogP contribution in [0.2, 0.25) is 0 Å². The van der Waals surface area contributed by atoms with Gasteiger partial charge in [0.15, 0.2) is 0 Å². The number of aromatic amines is 1. The van der Waals surface area contributed by atoms with E-state index in [4.69, 9.17) is 0 Å². The predicted molar refractivity (Wildman–Crippen MR) is 131 cm³/mol. The van der Waals surface area contributed by atoms with Crippen molar-refractivity contribution in [2.75, 3.05) is 13.1 Å². The molecule has 184 valence electrons. The molecule has 0 saturated heterocycles. The standard InChI is InChI=1S/C25H26F2N4O3S/c1-4-12-30(13-5-2)35(33,34)19-9-6-17(7-10-19)22-15-23(32)31-25(28-22)24(16(3)29-31)20-11-8-18(26)14-21(20)27/h6-11,14-15,28H,4-5,12-13H2,1-3H3. The summed E-state index contributed by atoms with van der Waals surface area (Å²) in [7, 11) is -3.64. The highest BCUT2D eigenvalue weighted by molar-refractivity contribution is 7.89. The van der Waals surface area contributed by atoms with E-state index in [-0.39, 0.29) is 16.1 Å². The number of aryl methyl sites for hydroxylation is 1. The van der Waals surface area contributed by atoms with Gasteiger partial charge in [-0.2, -0.15) is 13.9 Å². The molecule has 2 aromatic heterocycles. The van der Waals surface area contributed by atoms with Crippen molar-refractivity contribution in [2.24, 2.45) is 0 Å². The van der Waals surface area contributed by atoms with Crippen LogP contribution in [0.1, 0.15) is 32.4 Å². The number of fused-ring (bicyclic) bond motifs is 1. The fourth-order valence-corrected chi connectivity index (χ4v) is 5.75. The first-order valence-corrected chi connectivity index (χ1v) is 12.8. The maximum Gasteiger partial charge on any atom is 0.274 e. The van der Waals surface area contributed by atoms with Crippen LogP contribution in [-0.4, -0.2) is 40.4 Å². The molecule has 0 fully saturated rings. The quantitative estimate of drug-likeness (QED) is 0.378. The molecule has 10 heteroatoms. The van der Waals surface area contributed by atoms with Gasteiger partial charge in [-0.3, -0.25) is 4.79 Å². The zero-order chi connectivity index (χ0) is 25.3. The molecule has 0 aliphatic carbocycles. The van der Waals surface area contributed by atoms with E-state index in [1.165, 1.54) is 28.6 Å². The van der Waals surface area contributed by atoms with Crippen LogP contribution in [0.4, 0.5) is 8.78 Å². The molecule has 0 spiro atoms. The third-order valence-corrected chi connectivity index (χ3v) is 7.65. The minimum absolute atomic E-state index is 0.111. The average Bonchev–Trinajstić information content (AvgIpc) is 3.15. The van der Waals surface area contributed by atoms with E-state index in [1.807, 2.05) is 13.8 Å². The van der Waals surface area contributed by atoms with Crippen molar-refractivity contribution in [1.82, 2.24) is 18.9 Å². The molecule has 0 amide bonds. The van der Waals surface area contributed by atoms with Crippen LogP contribution < -0.4 is 5.56 Å². The van der Waals surface area contributed by atoms with Gasteiger partial charge < -0.3 is 4.98 Å². The van der Waals surface area contributed by atoms with E-state index < -0.39 is 27.2 Å². The fraction of sp³-hybridized carbons (Fsp3) is 0.280. The zero-order valence-corrected chi connectivity index (χ0v) is 20.5. The van der Waals surface area contributed by atoms with E-state index in [0.717, 1.165) is 16.6 Å². The lowest BCUT2D eigenvalue weighted by atomic mass is 10.1. The van der Waals surface area contributed by atoms with Crippen LogP contribution in [-0.2, 0) is 10.0 Å². The van der Waals surface area contributed by atoms with Crippen molar-refractivity contribution in [3.05, 3.63) is 76.2 Å². The first-order chi connectivity index (χ1) is 16.7. The summed E-state index contributed by atoms with van der Waals surface area (Å²) in [6.45, 7) is 6.36. The van der Waals surface area contributed by atoms with Crippen LogP contribution in [0, 0.1) is 18.6 Å². The molecule has 35 heavy (non-hydrogen) atoms. The molecule has 2 heterocycles. The van der Waals surface area contributed by atoms with Gasteiger partial charge in [0.2, 0.25) is 10.0 Å². The van der Waals surface area contributed by atoms with Gasteiger partial charge in [0.25, 0.3) is 5.56 Å². The monoisotopic (exact) mass is 500 g/mol. The summed E-state index contributed by atoms with van der Waals surface area (Å²) in [6, 6.07) is 10.8. The summed E-state index contributed by atoms with van der Waals surface area (Å²) in [4.78, 5) is 16.1. The molecule has 0 radical (unpaired) electrons. The van der Waals surface area contributed by atoms with E-state index in [9.17, 15) is 22.0 Å². The predicted octanol–water partition coefficient (Wildman–Crippen LogP) is 4.75. The van der Waals surface area contributed by atoms with Gasteiger partial charge in [-0.25, -0.2) is 17.2 Å². The molecule has 7 nitrogen and oxygen atoms in total. The number of hydrogen-bond acceptors (Lipinski definition) is 4. The number of halogens is 2. The minimum atomic E-state index is -3.64. The summed E-state index contributed by atoms with van der Waals surface area (Å²) >= 11 is 0. The zero-order valence-electron chi connectivity index (χ0n) is 19.7. The first-order valence-electron chi connectivity index (χ1n) is 11.4. The lowest BCUT2D eigenvalue weighted by molar-refractivity contribution is 0.410. The summed E-state index contributed by atoms with van der Waals surface area (Å²) in [5.41, 5.74) is 1.65. The number of nitrogens with zero attached hydrogens (tertiary/aromatic N) is 3. The second-order valence-electron chi connectivity index (χ2n) is 8.29. The van der Waals surface area contributed by atoms with Crippen LogP contribution in [0.25, 0.3) is 28.0 Å². The smallest absolute Gasteiger partial charge is 0.274 e. The first kappa shape index (κ1) is 24.7. The maximum atomic E-state index is 14.5. The van der Waals surface area contributed by atoms with Crippen LogP contribution in [0.15, 0.2) is 58.2 Å². The molecule has 1 N–H and O–H groups in total. The molecular formula is C25H26F2N4O3S. The average molecular weight is 501 g/mol. The summed E-state index contributed by atoms with van der Waals surface area (Å²) in [5, 5.41) is 4.22. The molecule has 4 rings (SSSR count). The Labute approximate surface area is 202 Å². The highest BCUT2D eigenvalue weighted by Crippen LogP contribution is 2.30. The summed E-state index contributed by atoms with van der Waals surface area (Å²) in [5.74, 6) is -1.48. The largest absolute Gasteiger partial charge is 0.339 e. The molecule has 0 atom stereocenters. The number of H-pyrrole nitrogens is 1. The third kappa shape index (κ3) is 4.63. The van der Waals surface area contributed by atoms with E-state index in [2.05, 4.69) is 10.1 Å². The number of hydrogen-bond donors (Lipinski definition) is 1. The second kappa shape index (κ2) is 9.71. The van der Waals surface area contributed by atoms with Crippen molar-refractivity contribution in [3.8, 4) is 22.4 Å². The number of aromatic nitrogens is 3. The van der Waals surface area contributed by atoms with Gasteiger partial charge in [0, 0.05) is 30.8 Å². The van der Waals surface area contributed by atoms with Crippen LogP contribution in [0.3, 0.4) is 0 Å². The Morgan fingerprint density at radius 1 is 1.00 bits per heavy atom. The highest BCUT2D eigenvalue weighted by atomic mass is 32.2. The summed E-state index contributed by atoms with van der Waals surface area (Å²) < 4.78 is 56.7. The lowest BCUT2D eigenvalue weighted by Crippen LogP contribution is -2.32. The number of sulfonamides is 1. The van der Waals surface area contributed by atoms with Crippen molar-refractivity contribution < 1.29 is 17.2 Å².